The first-order valence-corrected chi connectivity index (χ1v) is 10.4. The van der Waals surface area contributed by atoms with Crippen molar-refractivity contribution in [2.24, 2.45) is 0 Å². The van der Waals surface area contributed by atoms with E-state index in [1.165, 1.54) is 55.6 Å². The van der Waals surface area contributed by atoms with E-state index >= 15 is 0 Å². The first-order chi connectivity index (χ1) is 13.6. The molecule has 1 atom stereocenters. The van der Waals surface area contributed by atoms with E-state index in [1.54, 1.807) is 6.92 Å². The van der Waals surface area contributed by atoms with E-state index in [0.717, 1.165) is 0 Å². The Morgan fingerprint density at radius 1 is 0.931 bits per heavy atom. The number of carbonyl (C=O) groups is 2. The van der Waals surface area contributed by atoms with E-state index in [0.29, 0.717) is 17.0 Å². The predicted molar refractivity (Wildman–Crippen MR) is 108 cm³/mol. The molecule has 0 bridgehead atoms. The van der Waals surface area contributed by atoms with Crippen molar-refractivity contribution in [3.8, 4) is 5.75 Å². The zero-order chi connectivity index (χ0) is 21.6. The second-order valence-electron chi connectivity index (χ2n) is 6.57. The van der Waals surface area contributed by atoms with Gasteiger partial charge in [-0.3, -0.25) is 9.52 Å². The van der Waals surface area contributed by atoms with Crippen molar-refractivity contribution in [3.63, 3.8) is 0 Å². The van der Waals surface area contributed by atoms with Crippen LogP contribution in [-0.4, -0.2) is 39.5 Å². The molecule has 0 aliphatic heterocycles. The van der Waals surface area contributed by atoms with E-state index < -0.39 is 22.1 Å². The van der Waals surface area contributed by atoms with Gasteiger partial charge in [0.15, 0.2) is 6.10 Å². The zero-order valence-corrected chi connectivity index (χ0v) is 17.4. The van der Waals surface area contributed by atoms with Gasteiger partial charge in [-0.15, -0.1) is 0 Å². The Labute approximate surface area is 170 Å². The molecule has 0 heterocycles. The third kappa shape index (κ3) is 6.21. The van der Waals surface area contributed by atoms with Crippen molar-refractivity contribution >= 4 is 27.6 Å². The van der Waals surface area contributed by atoms with Crippen molar-refractivity contribution < 1.29 is 27.5 Å². The topological polar surface area (TPSA) is 111 Å². The zero-order valence-electron chi connectivity index (χ0n) is 16.6. The number of rotatable bonds is 8. The Balaban J connectivity index is 2.06. The lowest BCUT2D eigenvalue weighted by atomic mass is 10.2. The lowest BCUT2D eigenvalue weighted by Crippen LogP contribution is -2.40. The maximum Gasteiger partial charge on any atom is 0.337 e. The molecule has 8 nitrogen and oxygen atoms in total. The second-order valence-corrected chi connectivity index (χ2v) is 8.25. The van der Waals surface area contributed by atoms with Crippen molar-refractivity contribution in [2.45, 2.75) is 37.8 Å². The summed E-state index contributed by atoms with van der Waals surface area (Å²) in [5.74, 6) is -0.391. The molecular weight excluding hydrogens is 396 g/mol. The highest BCUT2D eigenvalue weighted by Crippen LogP contribution is 2.20. The van der Waals surface area contributed by atoms with Gasteiger partial charge >= 0.3 is 5.97 Å². The molecule has 0 aliphatic rings. The largest absolute Gasteiger partial charge is 0.481 e. The average molecular weight is 420 g/mol. The molecule has 0 fully saturated rings. The molecule has 0 saturated carbocycles. The summed E-state index contributed by atoms with van der Waals surface area (Å²) in [6.45, 7) is 5.31. The van der Waals surface area contributed by atoms with Crippen LogP contribution in [0.2, 0.25) is 0 Å². The molecule has 2 N–H and O–H groups in total. The van der Waals surface area contributed by atoms with Crippen LogP contribution < -0.4 is 14.8 Å². The third-order valence-electron chi connectivity index (χ3n) is 3.81. The summed E-state index contributed by atoms with van der Waals surface area (Å²) in [5.41, 5.74) is 0.615. The number of anilines is 1. The number of hydrogen-bond donors (Lipinski definition) is 2. The molecule has 2 rings (SSSR count). The monoisotopic (exact) mass is 420 g/mol. The molecule has 2 aromatic rings. The maximum atomic E-state index is 12.5. The number of hydrogen-bond acceptors (Lipinski definition) is 6. The minimum absolute atomic E-state index is 0.00571. The van der Waals surface area contributed by atoms with Crippen LogP contribution in [0.5, 0.6) is 5.75 Å². The highest BCUT2D eigenvalue weighted by atomic mass is 32.2. The quantitative estimate of drug-likeness (QED) is 0.635. The number of nitrogens with one attached hydrogen (secondary N) is 2. The van der Waals surface area contributed by atoms with Gasteiger partial charge in [-0.1, -0.05) is 0 Å². The van der Waals surface area contributed by atoms with Crippen molar-refractivity contribution in [1.82, 2.24) is 5.32 Å². The molecule has 1 amide bonds. The standard InChI is InChI=1S/C20H24N2O6S/c1-13(2)21-19(23)14(3)28-17-9-11-18(12-10-17)29(25,26)22-16-7-5-15(6-8-16)20(24)27-4/h5-14,22H,1-4H3,(H,21,23)/t14-/m1/s1. The lowest BCUT2D eigenvalue weighted by molar-refractivity contribution is -0.127. The van der Waals surface area contributed by atoms with Crippen molar-refractivity contribution in [2.75, 3.05) is 11.8 Å². The van der Waals surface area contributed by atoms with Gasteiger partial charge in [0.1, 0.15) is 5.75 Å². The van der Waals surface area contributed by atoms with Crippen LogP contribution in [0, 0.1) is 0 Å². The summed E-state index contributed by atoms with van der Waals surface area (Å²) in [6, 6.07) is 11.6. The van der Waals surface area contributed by atoms with Gasteiger partial charge in [0.25, 0.3) is 15.9 Å². The first-order valence-electron chi connectivity index (χ1n) is 8.90. The van der Waals surface area contributed by atoms with Crippen molar-refractivity contribution in [3.05, 3.63) is 54.1 Å². The summed E-state index contributed by atoms with van der Waals surface area (Å²) < 4.78 is 37.6. The van der Waals surface area contributed by atoms with E-state index in [2.05, 4.69) is 14.8 Å². The van der Waals surface area contributed by atoms with Gasteiger partial charge < -0.3 is 14.8 Å². The fourth-order valence-corrected chi connectivity index (χ4v) is 3.42. The Kier molecular flexibility index (Phi) is 7.22. The van der Waals surface area contributed by atoms with Crippen molar-refractivity contribution in [1.29, 1.82) is 0 Å². The Morgan fingerprint density at radius 2 is 1.52 bits per heavy atom. The Bertz CT molecular complexity index is 953. The van der Waals surface area contributed by atoms with Crippen LogP contribution in [0.4, 0.5) is 5.69 Å². The molecule has 0 aliphatic carbocycles. The molecule has 0 unspecified atom stereocenters. The molecule has 0 aromatic heterocycles. The van der Waals surface area contributed by atoms with E-state index in [4.69, 9.17) is 4.74 Å². The highest BCUT2D eigenvalue weighted by Gasteiger charge is 2.17. The molecule has 156 valence electrons. The number of benzene rings is 2. The van der Waals surface area contributed by atoms with Crippen LogP contribution in [-0.2, 0) is 19.6 Å². The number of carbonyl (C=O) groups excluding carboxylic acids is 2. The molecule has 29 heavy (non-hydrogen) atoms. The minimum Gasteiger partial charge on any atom is -0.481 e. The predicted octanol–water partition coefficient (Wildman–Crippen LogP) is 2.57. The van der Waals surface area contributed by atoms with Crippen LogP contribution in [0.25, 0.3) is 0 Å². The number of amides is 1. The molecule has 0 spiro atoms. The van der Waals surface area contributed by atoms with E-state index in [9.17, 15) is 18.0 Å². The fourth-order valence-electron chi connectivity index (χ4n) is 2.36. The molecule has 9 heteroatoms. The van der Waals surface area contributed by atoms with E-state index in [-0.39, 0.29) is 16.8 Å². The Morgan fingerprint density at radius 3 is 2.03 bits per heavy atom. The van der Waals surface area contributed by atoms with Gasteiger partial charge in [-0.2, -0.15) is 0 Å². The number of sulfonamides is 1. The summed E-state index contributed by atoms with van der Waals surface area (Å²) in [6.07, 6.45) is -0.716. The average Bonchev–Trinajstić information content (AvgIpc) is 2.67. The van der Waals surface area contributed by atoms with Gasteiger partial charge in [-0.25, -0.2) is 13.2 Å². The minimum atomic E-state index is -3.83. The summed E-state index contributed by atoms with van der Waals surface area (Å²) in [4.78, 5) is 23.4. The van der Waals surface area contributed by atoms with Crippen LogP contribution in [0.1, 0.15) is 31.1 Å². The highest BCUT2D eigenvalue weighted by molar-refractivity contribution is 7.92. The molecule has 0 saturated heterocycles. The fraction of sp³-hybridized carbons (Fsp3) is 0.300. The third-order valence-corrected chi connectivity index (χ3v) is 5.20. The smallest absolute Gasteiger partial charge is 0.337 e. The number of ether oxygens (including phenoxy) is 2. The summed E-state index contributed by atoms with van der Waals surface area (Å²) in [7, 11) is -2.56. The number of methoxy groups -OCH3 is 1. The Hall–Kier alpha value is -3.07. The SMILES string of the molecule is COC(=O)c1ccc(NS(=O)(=O)c2ccc(O[C@H](C)C(=O)NC(C)C)cc2)cc1. The van der Waals surface area contributed by atoms with Crippen LogP contribution in [0.3, 0.4) is 0 Å². The molecule has 0 radical (unpaired) electrons. The normalized spacial score (nSPS) is 12.2. The van der Waals surface area contributed by atoms with Gasteiger partial charge in [-0.05, 0) is 69.3 Å². The first kappa shape index (κ1) is 22.2. The van der Waals surface area contributed by atoms with Crippen LogP contribution in [0.15, 0.2) is 53.4 Å². The molecular formula is C20H24N2O6S. The van der Waals surface area contributed by atoms with Gasteiger partial charge in [0, 0.05) is 11.7 Å². The molecule has 2 aromatic carbocycles. The van der Waals surface area contributed by atoms with Gasteiger partial charge in [0.2, 0.25) is 0 Å². The van der Waals surface area contributed by atoms with Gasteiger partial charge in [0.05, 0.1) is 17.6 Å². The summed E-state index contributed by atoms with van der Waals surface area (Å²) >= 11 is 0. The summed E-state index contributed by atoms with van der Waals surface area (Å²) in [5, 5.41) is 2.74. The maximum absolute atomic E-state index is 12.5. The second kappa shape index (κ2) is 9.42. The van der Waals surface area contributed by atoms with E-state index in [1.807, 2.05) is 13.8 Å². The van der Waals surface area contributed by atoms with Crippen LogP contribution >= 0.6 is 0 Å². The lowest BCUT2D eigenvalue weighted by Gasteiger charge is -2.16. The number of esters is 1.